The highest BCUT2D eigenvalue weighted by atomic mass is 32.2. The zero-order valence-electron chi connectivity index (χ0n) is 15.0. The summed E-state index contributed by atoms with van der Waals surface area (Å²) >= 11 is 0. The molecule has 144 valence electrons. The van der Waals surface area contributed by atoms with Crippen molar-refractivity contribution in [2.24, 2.45) is 0 Å². The van der Waals surface area contributed by atoms with Crippen molar-refractivity contribution in [3.05, 3.63) is 23.2 Å². The van der Waals surface area contributed by atoms with E-state index in [1.165, 1.54) is 11.4 Å². The van der Waals surface area contributed by atoms with E-state index in [0.29, 0.717) is 36.1 Å². The third-order valence-corrected chi connectivity index (χ3v) is 6.24. The minimum atomic E-state index is -3.67. The first-order valence-electron chi connectivity index (χ1n) is 8.27. The first-order valence-corrected chi connectivity index (χ1v) is 9.71. The van der Waals surface area contributed by atoms with Gasteiger partial charge in [0, 0.05) is 20.2 Å². The molecule has 0 saturated carbocycles. The molecule has 1 fully saturated rings. The van der Waals surface area contributed by atoms with E-state index in [4.69, 9.17) is 18.5 Å². The van der Waals surface area contributed by atoms with Crippen LogP contribution in [0.3, 0.4) is 0 Å². The van der Waals surface area contributed by atoms with Gasteiger partial charge in [-0.1, -0.05) is 10.3 Å². The third-order valence-electron chi connectivity index (χ3n) is 4.13. The Balaban J connectivity index is 1.63. The maximum Gasteiger partial charge on any atom is 0.252 e. The summed E-state index contributed by atoms with van der Waals surface area (Å²) in [6, 6.07) is 0. The summed E-state index contributed by atoms with van der Waals surface area (Å²) < 4.78 is 47.9. The largest absolute Gasteiger partial charge is 0.375 e. The summed E-state index contributed by atoms with van der Waals surface area (Å²) in [4.78, 5) is 4.28. The summed E-state index contributed by atoms with van der Waals surface area (Å²) in [6.45, 7) is 4.30. The van der Waals surface area contributed by atoms with E-state index in [-0.39, 0.29) is 30.8 Å². The van der Waals surface area contributed by atoms with Gasteiger partial charge >= 0.3 is 0 Å². The van der Waals surface area contributed by atoms with Gasteiger partial charge in [-0.05, 0) is 26.7 Å². The molecule has 2 aromatic rings. The zero-order valence-corrected chi connectivity index (χ0v) is 15.8. The standard InChI is InChI=1S/C15H22N4O6S/c1-10-15(11(2)24-17-10)26(20,21)19-6-4-5-12(7-19)23-8-13-16-14(9-22-3)25-18-13/h12H,4-9H2,1-3H3. The van der Waals surface area contributed by atoms with Gasteiger partial charge in [0.1, 0.15) is 23.8 Å². The van der Waals surface area contributed by atoms with E-state index in [0.717, 1.165) is 6.42 Å². The van der Waals surface area contributed by atoms with E-state index < -0.39 is 10.0 Å². The van der Waals surface area contributed by atoms with Crippen LogP contribution in [0.4, 0.5) is 0 Å². The van der Waals surface area contributed by atoms with Gasteiger partial charge in [-0.3, -0.25) is 0 Å². The number of ether oxygens (including phenoxy) is 2. The number of aromatic nitrogens is 3. The fourth-order valence-electron chi connectivity index (χ4n) is 2.95. The van der Waals surface area contributed by atoms with Crippen molar-refractivity contribution in [1.82, 2.24) is 19.6 Å². The SMILES string of the molecule is COCc1nc(COC2CCCN(S(=O)(=O)c3c(C)noc3C)C2)no1. The number of aryl methyl sites for hydroxylation is 2. The van der Waals surface area contributed by atoms with Gasteiger partial charge in [0.25, 0.3) is 5.89 Å². The Hall–Kier alpha value is -1.82. The average molecular weight is 386 g/mol. The Bertz CT molecular complexity index is 827. The number of sulfonamides is 1. The third kappa shape index (κ3) is 3.95. The second-order valence-electron chi connectivity index (χ2n) is 6.13. The fraction of sp³-hybridized carbons (Fsp3) is 0.667. The molecular weight excluding hydrogens is 364 g/mol. The highest BCUT2D eigenvalue weighted by Gasteiger charge is 2.34. The maximum absolute atomic E-state index is 12.9. The van der Waals surface area contributed by atoms with Crippen molar-refractivity contribution in [3.8, 4) is 0 Å². The minimum Gasteiger partial charge on any atom is -0.375 e. The molecule has 2 aromatic heterocycles. The molecule has 0 N–H and O–H groups in total. The van der Waals surface area contributed by atoms with E-state index in [9.17, 15) is 8.42 Å². The van der Waals surface area contributed by atoms with E-state index in [1.54, 1.807) is 13.8 Å². The second kappa shape index (κ2) is 7.82. The molecule has 11 heteroatoms. The van der Waals surface area contributed by atoms with Gasteiger partial charge in [0.05, 0.1) is 6.10 Å². The van der Waals surface area contributed by atoms with Gasteiger partial charge in [0.2, 0.25) is 10.0 Å². The fourth-order valence-corrected chi connectivity index (χ4v) is 4.76. The quantitative estimate of drug-likeness (QED) is 0.690. The Morgan fingerprint density at radius 3 is 2.73 bits per heavy atom. The maximum atomic E-state index is 12.9. The summed E-state index contributed by atoms with van der Waals surface area (Å²) in [5, 5.41) is 7.55. The molecule has 0 aromatic carbocycles. The molecule has 1 unspecified atom stereocenters. The molecule has 0 amide bonds. The Morgan fingerprint density at radius 1 is 1.23 bits per heavy atom. The Kier molecular flexibility index (Phi) is 5.70. The minimum absolute atomic E-state index is 0.139. The second-order valence-corrected chi connectivity index (χ2v) is 8.00. The van der Waals surface area contributed by atoms with Gasteiger partial charge in [-0.2, -0.15) is 9.29 Å². The topological polar surface area (TPSA) is 121 Å². The lowest BCUT2D eigenvalue weighted by Gasteiger charge is -2.31. The van der Waals surface area contributed by atoms with Gasteiger partial charge in [-0.15, -0.1) is 0 Å². The number of hydrogen-bond acceptors (Lipinski definition) is 9. The van der Waals surface area contributed by atoms with E-state index >= 15 is 0 Å². The molecule has 3 rings (SSSR count). The molecule has 10 nitrogen and oxygen atoms in total. The number of piperidine rings is 1. The molecule has 26 heavy (non-hydrogen) atoms. The lowest BCUT2D eigenvalue weighted by Crippen LogP contribution is -2.43. The van der Waals surface area contributed by atoms with E-state index in [2.05, 4.69) is 15.3 Å². The number of hydrogen-bond donors (Lipinski definition) is 0. The molecule has 1 atom stereocenters. The van der Waals surface area contributed by atoms with Crippen LogP contribution in [0, 0.1) is 13.8 Å². The van der Waals surface area contributed by atoms with Crippen LogP contribution in [0.25, 0.3) is 0 Å². The molecule has 0 radical (unpaired) electrons. The molecule has 1 aliphatic rings. The smallest absolute Gasteiger partial charge is 0.252 e. The van der Waals surface area contributed by atoms with Crippen molar-refractivity contribution in [2.75, 3.05) is 20.2 Å². The molecular formula is C15H22N4O6S. The predicted molar refractivity (Wildman–Crippen MR) is 87.6 cm³/mol. The van der Waals surface area contributed by atoms with Crippen LogP contribution < -0.4 is 0 Å². The van der Waals surface area contributed by atoms with Crippen molar-refractivity contribution >= 4 is 10.0 Å². The summed E-state index contributed by atoms with van der Waals surface area (Å²) in [7, 11) is -2.13. The lowest BCUT2D eigenvalue weighted by molar-refractivity contribution is 0.00436. The molecule has 0 aliphatic carbocycles. The molecule has 3 heterocycles. The van der Waals surface area contributed by atoms with E-state index in [1.807, 2.05) is 0 Å². The van der Waals surface area contributed by atoms with Crippen molar-refractivity contribution in [1.29, 1.82) is 0 Å². The molecule has 1 aliphatic heterocycles. The number of rotatable bonds is 7. The summed E-state index contributed by atoms with van der Waals surface area (Å²) in [5.74, 6) is 1.07. The lowest BCUT2D eigenvalue weighted by atomic mass is 10.1. The summed E-state index contributed by atoms with van der Waals surface area (Å²) in [6.07, 6.45) is 1.22. The Morgan fingerprint density at radius 2 is 2.04 bits per heavy atom. The predicted octanol–water partition coefficient (Wildman–Crippen LogP) is 1.19. The highest BCUT2D eigenvalue weighted by molar-refractivity contribution is 7.89. The van der Waals surface area contributed by atoms with Crippen LogP contribution in [0.2, 0.25) is 0 Å². The van der Waals surface area contributed by atoms with Crippen LogP contribution in [-0.2, 0) is 32.7 Å². The molecule has 0 bridgehead atoms. The van der Waals surface area contributed by atoms with Crippen LogP contribution in [0.1, 0.15) is 36.0 Å². The first-order chi connectivity index (χ1) is 12.4. The van der Waals surface area contributed by atoms with Crippen LogP contribution in [0.15, 0.2) is 13.9 Å². The average Bonchev–Trinajstić information content (AvgIpc) is 3.20. The van der Waals surface area contributed by atoms with Crippen molar-refractivity contribution in [2.45, 2.75) is 50.9 Å². The highest BCUT2D eigenvalue weighted by Crippen LogP contribution is 2.26. The number of nitrogens with zero attached hydrogens (tertiary/aromatic N) is 4. The van der Waals surface area contributed by atoms with Crippen molar-refractivity contribution < 1.29 is 26.9 Å². The monoisotopic (exact) mass is 386 g/mol. The normalized spacial score (nSPS) is 19.1. The van der Waals surface area contributed by atoms with Crippen LogP contribution >= 0.6 is 0 Å². The van der Waals surface area contributed by atoms with Gasteiger partial charge < -0.3 is 18.5 Å². The first kappa shape index (κ1) is 19.0. The number of methoxy groups -OCH3 is 1. The van der Waals surface area contributed by atoms with Crippen LogP contribution in [-0.4, -0.2) is 54.3 Å². The zero-order chi connectivity index (χ0) is 18.7. The van der Waals surface area contributed by atoms with Gasteiger partial charge in [0.15, 0.2) is 11.6 Å². The van der Waals surface area contributed by atoms with Crippen molar-refractivity contribution in [3.63, 3.8) is 0 Å². The van der Waals surface area contributed by atoms with Gasteiger partial charge in [-0.25, -0.2) is 8.42 Å². The molecule has 0 spiro atoms. The Labute approximate surface area is 151 Å². The summed E-state index contributed by atoms with van der Waals surface area (Å²) in [5.41, 5.74) is 0.364. The van der Waals surface area contributed by atoms with Crippen LogP contribution in [0.5, 0.6) is 0 Å². The molecule has 1 saturated heterocycles.